The lowest BCUT2D eigenvalue weighted by Gasteiger charge is -2.20. The topological polar surface area (TPSA) is 48.6 Å². The largest absolute Gasteiger partial charge is 0.414 e. The number of carbonyl (C=O) groups is 1. The summed E-state index contributed by atoms with van der Waals surface area (Å²) in [5.74, 6) is 1.48. The predicted molar refractivity (Wildman–Crippen MR) is 110 cm³/mol. The Balaban J connectivity index is 1.62. The van der Waals surface area contributed by atoms with Crippen LogP contribution in [0.3, 0.4) is 0 Å². The predicted octanol–water partition coefficient (Wildman–Crippen LogP) is 5.02. The Labute approximate surface area is 162 Å². The number of hydrogen-bond donors (Lipinski definition) is 1. The zero-order chi connectivity index (χ0) is 19.2. The molecular formula is C22H33N3O2. The number of nitrogens with zero attached hydrogens (tertiary/aromatic N) is 2. The molecule has 27 heavy (non-hydrogen) atoms. The molecule has 0 radical (unpaired) electrons. The number of aromatic nitrogens is 1. The zero-order valence-corrected chi connectivity index (χ0v) is 17.0. The van der Waals surface area contributed by atoms with Crippen molar-refractivity contribution >= 4 is 17.0 Å². The van der Waals surface area contributed by atoms with Gasteiger partial charge in [0.2, 0.25) is 0 Å². The van der Waals surface area contributed by atoms with Crippen molar-refractivity contribution in [1.29, 1.82) is 0 Å². The summed E-state index contributed by atoms with van der Waals surface area (Å²) in [5, 5.41) is 1.13. The number of amides is 1. The third-order valence-corrected chi connectivity index (χ3v) is 5.66. The van der Waals surface area contributed by atoms with Crippen LogP contribution in [0.1, 0.15) is 50.5 Å². The molecule has 1 amide bonds. The molecular weight excluding hydrogens is 338 g/mol. The van der Waals surface area contributed by atoms with Gasteiger partial charge in [-0.05, 0) is 37.6 Å². The lowest BCUT2D eigenvalue weighted by Crippen LogP contribution is -2.25. The van der Waals surface area contributed by atoms with Gasteiger partial charge in [0, 0.05) is 32.2 Å². The molecule has 0 spiro atoms. The third kappa shape index (κ3) is 5.25. The number of benzene rings is 1. The number of para-hydroxylation sites is 1. The minimum atomic E-state index is -0.362. The maximum absolute atomic E-state index is 11.9. The van der Waals surface area contributed by atoms with Crippen molar-refractivity contribution in [3.63, 3.8) is 0 Å². The molecule has 0 unspecified atom stereocenters. The summed E-state index contributed by atoms with van der Waals surface area (Å²) in [6, 6.07) is 5.87. The van der Waals surface area contributed by atoms with Gasteiger partial charge < -0.3 is 19.5 Å². The Morgan fingerprint density at radius 1 is 1.15 bits per heavy atom. The van der Waals surface area contributed by atoms with Crippen molar-refractivity contribution in [3.8, 4) is 5.75 Å². The maximum atomic E-state index is 11.9. The lowest BCUT2D eigenvalue weighted by atomic mass is 9.96. The molecule has 1 fully saturated rings. The van der Waals surface area contributed by atoms with Crippen LogP contribution in [0.4, 0.5) is 4.79 Å². The molecule has 1 aliphatic rings. The second kappa shape index (κ2) is 9.27. The van der Waals surface area contributed by atoms with Crippen molar-refractivity contribution in [3.05, 3.63) is 30.0 Å². The minimum absolute atomic E-state index is 0.362. The van der Waals surface area contributed by atoms with Crippen molar-refractivity contribution in [2.24, 2.45) is 5.92 Å². The highest BCUT2D eigenvalue weighted by Crippen LogP contribution is 2.29. The van der Waals surface area contributed by atoms with E-state index in [2.05, 4.69) is 23.0 Å². The molecule has 0 aliphatic heterocycles. The van der Waals surface area contributed by atoms with Gasteiger partial charge in [-0.15, -0.1) is 0 Å². The standard InChI is InChI=1S/C22H33N3O2/c1-24(2)22(26)27-20-12-8-11-19-18(15-23-21(19)20)16-25(3)14-13-17-9-6-4-5-7-10-17/h8,11-12,15,17,23H,4-7,9-10,13-14,16H2,1-3H3. The van der Waals surface area contributed by atoms with Gasteiger partial charge in [-0.1, -0.05) is 50.7 Å². The normalized spacial score (nSPS) is 15.9. The number of H-pyrrole nitrogens is 1. The first-order valence-electron chi connectivity index (χ1n) is 10.2. The average Bonchev–Trinajstić information content (AvgIpc) is 2.88. The molecule has 5 heteroatoms. The van der Waals surface area contributed by atoms with Gasteiger partial charge in [-0.25, -0.2) is 4.79 Å². The van der Waals surface area contributed by atoms with E-state index in [-0.39, 0.29) is 6.09 Å². The van der Waals surface area contributed by atoms with Gasteiger partial charge in [0.15, 0.2) is 5.75 Å². The summed E-state index contributed by atoms with van der Waals surface area (Å²) in [6.45, 7) is 2.03. The number of ether oxygens (including phenoxy) is 1. The molecule has 148 valence electrons. The molecule has 5 nitrogen and oxygen atoms in total. The Kier molecular flexibility index (Phi) is 6.78. The van der Waals surface area contributed by atoms with Gasteiger partial charge in [0.1, 0.15) is 0 Å². The van der Waals surface area contributed by atoms with E-state index in [4.69, 9.17) is 4.74 Å². The fraction of sp³-hybridized carbons (Fsp3) is 0.591. The molecule has 1 aliphatic carbocycles. The Morgan fingerprint density at radius 2 is 1.89 bits per heavy atom. The quantitative estimate of drug-likeness (QED) is 0.725. The Morgan fingerprint density at radius 3 is 2.59 bits per heavy atom. The van der Waals surface area contributed by atoms with Crippen molar-refractivity contribution in [1.82, 2.24) is 14.8 Å². The molecule has 1 saturated carbocycles. The summed E-state index contributed by atoms with van der Waals surface area (Å²) in [5.41, 5.74) is 2.14. The number of aromatic amines is 1. The summed E-state index contributed by atoms with van der Waals surface area (Å²) in [6.07, 6.45) is 11.4. The zero-order valence-electron chi connectivity index (χ0n) is 17.0. The van der Waals surface area contributed by atoms with E-state index in [0.29, 0.717) is 5.75 Å². The molecule has 1 heterocycles. The Bertz CT molecular complexity index is 745. The fourth-order valence-corrected chi connectivity index (χ4v) is 4.01. The van der Waals surface area contributed by atoms with E-state index in [0.717, 1.165) is 29.9 Å². The van der Waals surface area contributed by atoms with E-state index in [1.165, 1.54) is 55.4 Å². The van der Waals surface area contributed by atoms with Crippen LogP contribution < -0.4 is 4.74 Å². The van der Waals surface area contributed by atoms with Crippen LogP contribution in [-0.2, 0) is 6.54 Å². The lowest BCUT2D eigenvalue weighted by molar-refractivity contribution is 0.172. The van der Waals surface area contributed by atoms with Gasteiger partial charge in [-0.2, -0.15) is 0 Å². The van der Waals surface area contributed by atoms with Crippen LogP contribution in [0.2, 0.25) is 0 Å². The third-order valence-electron chi connectivity index (χ3n) is 5.66. The highest BCUT2D eigenvalue weighted by atomic mass is 16.6. The van der Waals surface area contributed by atoms with Crippen molar-refractivity contribution in [2.75, 3.05) is 27.7 Å². The second-order valence-corrected chi connectivity index (χ2v) is 8.14. The summed E-state index contributed by atoms with van der Waals surface area (Å²) in [4.78, 5) is 19.0. The minimum Gasteiger partial charge on any atom is -0.408 e. The van der Waals surface area contributed by atoms with Crippen LogP contribution in [0.5, 0.6) is 5.75 Å². The van der Waals surface area contributed by atoms with E-state index in [1.54, 1.807) is 14.1 Å². The monoisotopic (exact) mass is 371 g/mol. The van der Waals surface area contributed by atoms with E-state index in [1.807, 2.05) is 18.3 Å². The SMILES string of the molecule is CN(CCC1CCCCCC1)Cc1c[nH]c2c(OC(=O)N(C)C)cccc12. The summed E-state index contributed by atoms with van der Waals surface area (Å²) in [7, 11) is 5.57. The van der Waals surface area contributed by atoms with Gasteiger partial charge >= 0.3 is 6.09 Å². The van der Waals surface area contributed by atoms with Crippen molar-refractivity contribution < 1.29 is 9.53 Å². The van der Waals surface area contributed by atoms with E-state index < -0.39 is 0 Å². The number of hydrogen-bond acceptors (Lipinski definition) is 3. The van der Waals surface area contributed by atoms with Crippen LogP contribution >= 0.6 is 0 Å². The first kappa shape index (κ1) is 19.7. The Hall–Kier alpha value is -2.01. The second-order valence-electron chi connectivity index (χ2n) is 8.14. The highest BCUT2D eigenvalue weighted by Gasteiger charge is 2.16. The smallest absolute Gasteiger partial charge is 0.408 e. The summed E-state index contributed by atoms with van der Waals surface area (Å²) >= 11 is 0. The molecule has 0 saturated heterocycles. The number of rotatable bonds is 6. The molecule has 1 N–H and O–H groups in total. The van der Waals surface area contributed by atoms with Crippen molar-refractivity contribution in [2.45, 2.75) is 51.5 Å². The van der Waals surface area contributed by atoms with Crippen LogP contribution in [0, 0.1) is 5.92 Å². The molecule has 0 atom stereocenters. The van der Waals surface area contributed by atoms with Gasteiger partial charge in [-0.3, -0.25) is 0 Å². The average molecular weight is 372 g/mol. The molecule has 1 aromatic heterocycles. The molecule has 3 rings (SSSR count). The van der Waals surface area contributed by atoms with Crippen LogP contribution in [-0.4, -0.2) is 48.6 Å². The molecule has 2 aromatic rings. The highest BCUT2D eigenvalue weighted by molar-refractivity contribution is 5.90. The van der Waals surface area contributed by atoms with E-state index >= 15 is 0 Å². The maximum Gasteiger partial charge on any atom is 0.414 e. The number of nitrogens with one attached hydrogen (secondary N) is 1. The first-order chi connectivity index (χ1) is 13.0. The van der Waals surface area contributed by atoms with Gasteiger partial charge in [0.05, 0.1) is 5.52 Å². The first-order valence-corrected chi connectivity index (χ1v) is 10.2. The van der Waals surface area contributed by atoms with Gasteiger partial charge in [0.25, 0.3) is 0 Å². The molecule has 0 bridgehead atoms. The van der Waals surface area contributed by atoms with Crippen LogP contribution in [0.15, 0.2) is 24.4 Å². The summed E-state index contributed by atoms with van der Waals surface area (Å²) < 4.78 is 5.49. The number of carbonyl (C=O) groups excluding carboxylic acids is 1. The van der Waals surface area contributed by atoms with E-state index in [9.17, 15) is 4.79 Å². The molecule has 1 aromatic carbocycles. The number of fused-ring (bicyclic) bond motifs is 1. The van der Waals surface area contributed by atoms with Crippen LogP contribution in [0.25, 0.3) is 10.9 Å². The fourth-order valence-electron chi connectivity index (χ4n) is 4.01.